The zero-order valence-corrected chi connectivity index (χ0v) is 13.5. The Balaban J connectivity index is 1.56. The molecule has 2 aliphatic rings. The number of hydrogen-bond donors (Lipinski definition) is 1. The molecule has 0 aliphatic carbocycles. The van der Waals surface area contributed by atoms with Crippen molar-refractivity contribution in [3.8, 4) is 0 Å². The molecule has 2 fully saturated rings. The van der Waals surface area contributed by atoms with Gasteiger partial charge in [-0.1, -0.05) is 38.3 Å². The molecule has 21 heavy (non-hydrogen) atoms. The van der Waals surface area contributed by atoms with Gasteiger partial charge in [-0.25, -0.2) is 0 Å². The van der Waals surface area contributed by atoms with E-state index in [-0.39, 0.29) is 0 Å². The van der Waals surface area contributed by atoms with Gasteiger partial charge in [0.15, 0.2) is 0 Å². The Kier molecular flexibility index (Phi) is 5.18. The average Bonchev–Trinajstić information content (AvgIpc) is 2.96. The molecular weight excluding hydrogens is 256 g/mol. The lowest BCUT2D eigenvalue weighted by Crippen LogP contribution is -2.35. The molecule has 2 heteroatoms. The van der Waals surface area contributed by atoms with E-state index in [2.05, 4.69) is 41.4 Å². The minimum Gasteiger partial charge on any atom is -0.385 e. The van der Waals surface area contributed by atoms with Crippen LogP contribution in [0.1, 0.15) is 69.9 Å². The van der Waals surface area contributed by atoms with E-state index in [1.807, 2.05) is 0 Å². The zero-order valence-electron chi connectivity index (χ0n) is 13.5. The van der Waals surface area contributed by atoms with Crippen LogP contribution in [0.4, 0.5) is 5.69 Å². The van der Waals surface area contributed by atoms with E-state index < -0.39 is 0 Å². The topological polar surface area (TPSA) is 15.3 Å². The second-order valence-corrected chi connectivity index (χ2v) is 6.74. The van der Waals surface area contributed by atoms with Crippen LogP contribution in [0.3, 0.4) is 0 Å². The Hall–Kier alpha value is -1.02. The van der Waals surface area contributed by atoms with Crippen LogP contribution in [-0.2, 0) is 0 Å². The number of anilines is 1. The number of benzene rings is 1. The van der Waals surface area contributed by atoms with Crippen molar-refractivity contribution in [2.24, 2.45) is 0 Å². The van der Waals surface area contributed by atoms with Crippen LogP contribution in [0.15, 0.2) is 24.3 Å². The van der Waals surface area contributed by atoms with Crippen molar-refractivity contribution >= 4 is 5.69 Å². The van der Waals surface area contributed by atoms with E-state index in [4.69, 9.17) is 0 Å². The number of unbranched alkanes of at least 4 members (excludes halogenated alkanes) is 2. The van der Waals surface area contributed by atoms with Crippen molar-refractivity contribution in [1.82, 2.24) is 4.90 Å². The maximum atomic E-state index is 3.54. The molecule has 1 aromatic carbocycles. The molecule has 1 aromatic rings. The molecule has 116 valence electrons. The van der Waals surface area contributed by atoms with Crippen molar-refractivity contribution in [1.29, 1.82) is 0 Å². The summed E-state index contributed by atoms with van der Waals surface area (Å²) < 4.78 is 0. The second kappa shape index (κ2) is 7.31. The molecule has 0 amide bonds. The van der Waals surface area contributed by atoms with Crippen molar-refractivity contribution in [2.75, 3.05) is 18.4 Å². The Morgan fingerprint density at radius 3 is 2.71 bits per heavy atom. The summed E-state index contributed by atoms with van der Waals surface area (Å²) in [5.41, 5.74) is 2.81. The summed E-state index contributed by atoms with van der Waals surface area (Å²) in [7, 11) is 0. The molecule has 2 nitrogen and oxygen atoms in total. The summed E-state index contributed by atoms with van der Waals surface area (Å²) in [6, 6.07) is 10.8. The van der Waals surface area contributed by atoms with Gasteiger partial charge in [0.1, 0.15) is 0 Å². The highest BCUT2D eigenvalue weighted by molar-refractivity contribution is 5.45. The van der Waals surface area contributed by atoms with Crippen LogP contribution in [-0.4, -0.2) is 24.0 Å². The van der Waals surface area contributed by atoms with E-state index in [1.54, 1.807) is 0 Å². The maximum Gasteiger partial charge on any atom is 0.0351 e. The van der Waals surface area contributed by atoms with Crippen molar-refractivity contribution in [2.45, 2.75) is 70.4 Å². The second-order valence-electron chi connectivity index (χ2n) is 6.74. The SMILES string of the molecule is CCCCCNc1ccc(C2CCC3CCCCN32)cc1. The third kappa shape index (κ3) is 3.60. The standard InChI is InChI=1S/C19H30N2/c1-2-3-5-14-20-17-10-8-16(9-11-17)19-13-12-18-7-4-6-15-21(18)19/h8-11,18-20H,2-7,12-15H2,1H3. The number of nitrogens with one attached hydrogen (secondary N) is 1. The summed E-state index contributed by atoms with van der Waals surface area (Å²) in [6.07, 6.45) is 10.9. The normalized spacial score (nSPS) is 25.8. The van der Waals surface area contributed by atoms with E-state index in [9.17, 15) is 0 Å². The Bertz CT molecular complexity index is 426. The van der Waals surface area contributed by atoms with Gasteiger partial charge in [0.2, 0.25) is 0 Å². The van der Waals surface area contributed by atoms with Crippen LogP contribution in [0, 0.1) is 0 Å². The van der Waals surface area contributed by atoms with Gasteiger partial charge in [-0.05, 0) is 56.3 Å². The van der Waals surface area contributed by atoms with Crippen molar-refractivity contribution in [3.63, 3.8) is 0 Å². The number of rotatable bonds is 6. The van der Waals surface area contributed by atoms with Gasteiger partial charge in [0.25, 0.3) is 0 Å². The Morgan fingerprint density at radius 1 is 1.05 bits per heavy atom. The molecule has 2 heterocycles. The first-order valence-corrected chi connectivity index (χ1v) is 8.98. The molecule has 0 spiro atoms. The Labute approximate surface area is 129 Å². The summed E-state index contributed by atoms with van der Waals surface area (Å²) >= 11 is 0. The molecular formula is C19H30N2. The summed E-state index contributed by atoms with van der Waals surface area (Å²) in [5, 5.41) is 3.54. The minimum atomic E-state index is 0.685. The molecule has 0 saturated carbocycles. The first-order valence-electron chi connectivity index (χ1n) is 8.98. The smallest absolute Gasteiger partial charge is 0.0351 e. The highest BCUT2D eigenvalue weighted by atomic mass is 15.2. The largest absolute Gasteiger partial charge is 0.385 e. The molecule has 3 rings (SSSR count). The number of nitrogens with zero attached hydrogens (tertiary/aromatic N) is 1. The fourth-order valence-corrected chi connectivity index (χ4v) is 4.05. The number of hydrogen-bond acceptors (Lipinski definition) is 2. The van der Waals surface area contributed by atoms with Gasteiger partial charge >= 0.3 is 0 Å². The minimum absolute atomic E-state index is 0.685. The lowest BCUT2D eigenvalue weighted by Gasteiger charge is -2.34. The van der Waals surface area contributed by atoms with Gasteiger partial charge in [0.05, 0.1) is 0 Å². The van der Waals surface area contributed by atoms with Gasteiger partial charge in [0, 0.05) is 24.3 Å². The first kappa shape index (κ1) is 14.9. The zero-order chi connectivity index (χ0) is 14.5. The van der Waals surface area contributed by atoms with Gasteiger partial charge in [-0.3, -0.25) is 4.90 Å². The fraction of sp³-hybridized carbons (Fsp3) is 0.684. The average molecular weight is 286 g/mol. The molecule has 2 atom stereocenters. The highest BCUT2D eigenvalue weighted by Gasteiger charge is 2.35. The Morgan fingerprint density at radius 2 is 1.90 bits per heavy atom. The van der Waals surface area contributed by atoms with E-state index in [0.29, 0.717) is 6.04 Å². The van der Waals surface area contributed by atoms with Gasteiger partial charge in [-0.15, -0.1) is 0 Å². The van der Waals surface area contributed by atoms with Gasteiger partial charge < -0.3 is 5.32 Å². The molecule has 1 N–H and O–H groups in total. The van der Waals surface area contributed by atoms with E-state index in [1.165, 1.54) is 69.2 Å². The number of fused-ring (bicyclic) bond motifs is 1. The third-order valence-corrected chi connectivity index (χ3v) is 5.25. The van der Waals surface area contributed by atoms with Crippen LogP contribution in [0.2, 0.25) is 0 Å². The highest BCUT2D eigenvalue weighted by Crippen LogP contribution is 2.40. The monoisotopic (exact) mass is 286 g/mol. The van der Waals surface area contributed by atoms with Crippen LogP contribution in [0.5, 0.6) is 0 Å². The first-order chi connectivity index (χ1) is 10.4. The molecule has 2 saturated heterocycles. The molecule has 0 aromatic heterocycles. The molecule has 0 bridgehead atoms. The van der Waals surface area contributed by atoms with Crippen LogP contribution >= 0.6 is 0 Å². The molecule has 2 aliphatic heterocycles. The van der Waals surface area contributed by atoms with Crippen LogP contribution < -0.4 is 5.32 Å². The van der Waals surface area contributed by atoms with E-state index in [0.717, 1.165) is 12.6 Å². The maximum absolute atomic E-state index is 3.54. The number of piperidine rings is 1. The van der Waals surface area contributed by atoms with Gasteiger partial charge in [-0.2, -0.15) is 0 Å². The lowest BCUT2D eigenvalue weighted by molar-refractivity contribution is 0.150. The quantitative estimate of drug-likeness (QED) is 0.742. The summed E-state index contributed by atoms with van der Waals surface area (Å²) in [6.45, 7) is 4.67. The fourth-order valence-electron chi connectivity index (χ4n) is 4.05. The lowest BCUT2D eigenvalue weighted by atomic mass is 10.0. The van der Waals surface area contributed by atoms with E-state index >= 15 is 0 Å². The summed E-state index contributed by atoms with van der Waals surface area (Å²) in [4.78, 5) is 2.77. The predicted molar refractivity (Wildman–Crippen MR) is 90.8 cm³/mol. The van der Waals surface area contributed by atoms with Crippen LogP contribution in [0.25, 0.3) is 0 Å². The predicted octanol–water partition coefficient (Wildman–Crippen LogP) is 4.98. The molecule has 2 unspecified atom stereocenters. The third-order valence-electron chi connectivity index (χ3n) is 5.25. The van der Waals surface area contributed by atoms with Crippen molar-refractivity contribution < 1.29 is 0 Å². The molecule has 0 radical (unpaired) electrons. The van der Waals surface area contributed by atoms with Crippen molar-refractivity contribution in [3.05, 3.63) is 29.8 Å². The summed E-state index contributed by atoms with van der Waals surface area (Å²) in [5.74, 6) is 0.